The topological polar surface area (TPSA) is 17.8 Å². The summed E-state index contributed by atoms with van der Waals surface area (Å²) in [4.78, 5) is 0. The zero-order chi connectivity index (χ0) is 18.1. The van der Waals surface area contributed by atoms with Gasteiger partial charge in [-0.3, -0.25) is 0 Å². The van der Waals surface area contributed by atoms with Crippen LogP contribution < -0.4 is 0 Å². The van der Waals surface area contributed by atoms with Crippen molar-refractivity contribution in [3.05, 3.63) is 95.8 Å². The Balaban J connectivity index is 1.88. The number of hydrogen-bond donors (Lipinski definition) is 0. The summed E-state index contributed by atoms with van der Waals surface area (Å²) >= 11 is 0. The molecule has 4 aromatic rings. The molecule has 3 aromatic carbocycles. The molecule has 0 aliphatic rings. The second-order valence-electron chi connectivity index (χ2n) is 6.54. The van der Waals surface area contributed by atoms with E-state index in [-0.39, 0.29) is 5.82 Å². The number of aryl methyl sites for hydroxylation is 2. The fourth-order valence-corrected chi connectivity index (χ4v) is 2.96. The predicted molar refractivity (Wildman–Crippen MR) is 104 cm³/mol. The molecular formula is C23H19FN2. The van der Waals surface area contributed by atoms with Crippen molar-refractivity contribution in [2.24, 2.45) is 0 Å². The second kappa shape index (κ2) is 6.60. The summed E-state index contributed by atoms with van der Waals surface area (Å²) in [6, 6.07) is 25.2. The van der Waals surface area contributed by atoms with Crippen LogP contribution in [-0.4, -0.2) is 9.78 Å². The maximum Gasteiger partial charge on any atom is 0.123 e. The lowest BCUT2D eigenvalue weighted by atomic mass is 10.1. The number of aromatic nitrogens is 2. The van der Waals surface area contributed by atoms with Crippen LogP contribution in [0.25, 0.3) is 28.2 Å². The molecule has 4 rings (SSSR count). The van der Waals surface area contributed by atoms with Crippen molar-refractivity contribution in [3.8, 4) is 28.2 Å². The fraction of sp³-hybridized carbons (Fsp3) is 0.0870. The average Bonchev–Trinajstić information content (AvgIpc) is 3.09. The van der Waals surface area contributed by atoms with Crippen molar-refractivity contribution in [2.75, 3.05) is 0 Å². The molecule has 2 nitrogen and oxygen atoms in total. The molecule has 128 valence electrons. The average molecular weight is 342 g/mol. The standard InChI is InChI=1S/C23H19FN2/c1-16-3-7-18(8-4-16)22-15-23(19-9-5-17(2)6-10-19)26(25-22)21-13-11-20(24)12-14-21/h3-15H,1-2H3. The summed E-state index contributed by atoms with van der Waals surface area (Å²) in [5, 5.41) is 4.80. The quantitative estimate of drug-likeness (QED) is 0.449. The molecule has 0 saturated heterocycles. The van der Waals surface area contributed by atoms with Crippen molar-refractivity contribution >= 4 is 0 Å². The van der Waals surface area contributed by atoms with E-state index >= 15 is 0 Å². The van der Waals surface area contributed by atoms with Crippen molar-refractivity contribution in [2.45, 2.75) is 13.8 Å². The highest BCUT2D eigenvalue weighted by molar-refractivity contribution is 5.70. The van der Waals surface area contributed by atoms with E-state index in [1.165, 1.54) is 23.3 Å². The van der Waals surface area contributed by atoms with E-state index in [0.717, 1.165) is 28.2 Å². The third-order valence-corrected chi connectivity index (χ3v) is 4.48. The van der Waals surface area contributed by atoms with Gasteiger partial charge in [0.2, 0.25) is 0 Å². The first kappa shape index (κ1) is 16.3. The molecule has 0 radical (unpaired) electrons. The SMILES string of the molecule is Cc1ccc(-c2cc(-c3ccc(C)cc3)n(-c3ccc(F)cc3)n2)cc1. The van der Waals surface area contributed by atoms with Crippen LogP contribution in [-0.2, 0) is 0 Å². The van der Waals surface area contributed by atoms with Crippen LogP contribution in [0.5, 0.6) is 0 Å². The Morgan fingerprint density at radius 3 is 1.81 bits per heavy atom. The van der Waals surface area contributed by atoms with Crippen molar-refractivity contribution in [1.29, 1.82) is 0 Å². The van der Waals surface area contributed by atoms with Crippen LogP contribution in [0.3, 0.4) is 0 Å². The summed E-state index contributed by atoms with van der Waals surface area (Å²) in [5.41, 5.74) is 7.26. The molecule has 0 unspecified atom stereocenters. The number of halogens is 1. The Hall–Kier alpha value is -3.20. The molecule has 0 spiro atoms. The third-order valence-electron chi connectivity index (χ3n) is 4.48. The van der Waals surface area contributed by atoms with Crippen molar-refractivity contribution < 1.29 is 4.39 Å². The van der Waals surface area contributed by atoms with Gasteiger partial charge in [-0.1, -0.05) is 59.7 Å². The fourth-order valence-electron chi connectivity index (χ4n) is 2.96. The van der Waals surface area contributed by atoms with Crippen LogP contribution in [0.2, 0.25) is 0 Å². The summed E-state index contributed by atoms with van der Waals surface area (Å²) in [5.74, 6) is -0.253. The molecule has 0 atom stereocenters. The zero-order valence-electron chi connectivity index (χ0n) is 14.8. The highest BCUT2D eigenvalue weighted by Gasteiger charge is 2.13. The first-order valence-electron chi connectivity index (χ1n) is 8.60. The van der Waals surface area contributed by atoms with Gasteiger partial charge in [0.05, 0.1) is 17.1 Å². The summed E-state index contributed by atoms with van der Waals surface area (Å²) in [7, 11) is 0. The van der Waals surface area contributed by atoms with Crippen molar-refractivity contribution in [1.82, 2.24) is 9.78 Å². The normalized spacial score (nSPS) is 10.9. The number of nitrogens with zero attached hydrogens (tertiary/aromatic N) is 2. The molecule has 26 heavy (non-hydrogen) atoms. The lowest BCUT2D eigenvalue weighted by Gasteiger charge is -2.08. The lowest BCUT2D eigenvalue weighted by Crippen LogP contribution is -1.99. The summed E-state index contributed by atoms with van der Waals surface area (Å²) in [6.45, 7) is 4.14. The molecule has 0 saturated carbocycles. The van der Waals surface area contributed by atoms with Crippen LogP contribution in [0.4, 0.5) is 4.39 Å². The summed E-state index contributed by atoms with van der Waals surface area (Å²) in [6.07, 6.45) is 0. The molecule has 3 heteroatoms. The molecule has 0 N–H and O–H groups in total. The molecule has 0 amide bonds. The van der Waals surface area contributed by atoms with Gasteiger partial charge in [0, 0.05) is 11.1 Å². The third kappa shape index (κ3) is 3.16. The summed E-state index contributed by atoms with van der Waals surface area (Å²) < 4.78 is 15.2. The van der Waals surface area contributed by atoms with Crippen molar-refractivity contribution in [3.63, 3.8) is 0 Å². The van der Waals surface area contributed by atoms with Gasteiger partial charge in [0.15, 0.2) is 0 Å². The van der Waals surface area contributed by atoms with Crippen LogP contribution in [0, 0.1) is 19.7 Å². The van der Waals surface area contributed by atoms with E-state index in [2.05, 4.69) is 68.4 Å². The molecule has 1 aromatic heterocycles. The number of rotatable bonds is 3. The molecule has 0 aliphatic heterocycles. The van der Waals surface area contributed by atoms with E-state index in [4.69, 9.17) is 5.10 Å². The highest BCUT2D eigenvalue weighted by Crippen LogP contribution is 2.29. The van der Waals surface area contributed by atoms with Gasteiger partial charge in [0.1, 0.15) is 5.82 Å². The first-order chi connectivity index (χ1) is 12.6. The molecular weight excluding hydrogens is 323 g/mol. The Morgan fingerprint density at radius 2 is 1.23 bits per heavy atom. The zero-order valence-corrected chi connectivity index (χ0v) is 14.8. The maximum absolute atomic E-state index is 13.3. The van der Waals surface area contributed by atoms with Gasteiger partial charge in [-0.05, 0) is 44.2 Å². The van der Waals surface area contributed by atoms with E-state index in [0.29, 0.717) is 0 Å². The first-order valence-corrected chi connectivity index (χ1v) is 8.60. The molecule has 0 aliphatic carbocycles. The predicted octanol–water partition coefficient (Wildman–Crippen LogP) is 5.96. The van der Waals surface area contributed by atoms with Crippen LogP contribution >= 0.6 is 0 Å². The Kier molecular flexibility index (Phi) is 4.13. The second-order valence-corrected chi connectivity index (χ2v) is 6.54. The van der Waals surface area contributed by atoms with Gasteiger partial charge in [-0.15, -0.1) is 0 Å². The molecule has 1 heterocycles. The number of hydrogen-bond acceptors (Lipinski definition) is 1. The Labute approximate surface area is 152 Å². The van der Waals surface area contributed by atoms with Crippen LogP contribution in [0.1, 0.15) is 11.1 Å². The largest absolute Gasteiger partial charge is 0.232 e. The van der Waals surface area contributed by atoms with Gasteiger partial charge in [-0.2, -0.15) is 5.10 Å². The number of benzene rings is 3. The molecule has 0 bridgehead atoms. The monoisotopic (exact) mass is 342 g/mol. The van der Waals surface area contributed by atoms with E-state index < -0.39 is 0 Å². The van der Waals surface area contributed by atoms with Gasteiger partial charge < -0.3 is 0 Å². The maximum atomic E-state index is 13.3. The van der Waals surface area contributed by atoms with Gasteiger partial charge >= 0.3 is 0 Å². The Morgan fingerprint density at radius 1 is 0.692 bits per heavy atom. The lowest BCUT2D eigenvalue weighted by molar-refractivity contribution is 0.627. The minimum absolute atomic E-state index is 0.253. The minimum Gasteiger partial charge on any atom is -0.232 e. The minimum atomic E-state index is -0.253. The van der Waals surface area contributed by atoms with E-state index in [1.54, 1.807) is 12.1 Å². The van der Waals surface area contributed by atoms with E-state index in [9.17, 15) is 4.39 Å². The Bertz CT molecular complexity index is 964. The van der Waals surface area contributed by atoms with Crippen LogP contribution in [0.15, 0.2) is 78.9 Å². The highest BCUT2D eigenvalue weighted by atomic mass is 19.1. The van der Waals surface area contributed by atoms with Gasteiger partial charge in [0.25, 0.3) is 0 Å². The molecule has 0 fully saturated rings. The van der Waals surface area contributed by atoms with E-state index in [1.807, 2.05) is 4.68 Å². The van der Waals surface area contributed by atoms with Gasteiger partial charge in [-0.25, -0.2) is 9.07 Å². The smallest absolute Gasteiger partial charge is 0.123 e.